The van der Waals surface area contributed by atoms with E-state index in [1.807, 2.05) is 37.3 Å². The average molecular weight is 485 g/mol. The lowest BCUT2D eigenvalue weighted by molar-refractivity contribution is -0.192. The molecular weight excluding hydrogens is 463 g/mol. The number of fused-ring (bicyclic) bond motifs is 1. The number of hydrogen-bond donors (Lipinski definition) is 4. The molecule has 0 saturated carbocycles. The lowest BCUT2D eigenvalue weighted by Gasteiger charge is -2.23. The van der Waals surface area contributed by atoms with Gasteiger partial charge < -0.3 is 26.8 Å². The highest BCUT2D eigenvalue weighted by Gasteiger charge is 2.38. The zero-order chi connectivity index (χ0) is 24.8. The normalized spacial score (nSPS) is 15.6. The maximum atomic E-state index is 12.6. The number of nitrogens with zero attached hydrogens (tertiary/aromatic N) is 2. The Hall–Kier alpha value is -3.32. The fourth-order valence-electron chi connectivity index (χ4n) is 2.72. The van der Waals surface area contributed by atoms with E-state index in [1.165, 1.54) is 16.7 Å². The van der Waals surface area contributed by atoms with Crippen molar-refractivity contribution in [3.05, 3.63) is 47.7 Å². The van der Waals surface area contributed by atoms with Crippen molar-refractivity contribution in [3.63, 3.8) is 0 Å². The van der Waals surface area contributed by atoms with Crippen LogP contribution in [0.3, 0.4) is 0 Å². The number of amides is 2. The molecule has 0 bridgehead atoms. The largest absolute Gasteiger partial charge is 0.490 e. The molecule has 3 rings (SSSR count). The molecule has 9 nitrogen and oxygen atoms in total. The summed E-state index contributed by atoms with van der Waals surface area (Å²) >= 11 is 1.53. The standard InChI is InChI=1S/C18H21N5O2S.C2HF3O2/c1-11-12(6-7-16(20)22-11)8-21-17(24)9-23-14-4-2-3-5-15(14)26-10-13(19)18(23)25;3-2(4,5)1(6)7/h2-7,13H,8-10,19H2,1H3,(H2,20,22)(H,21,24);(H,6,7)/t13-;/m0./s1. The van der Waals surface area contributed by atoms with Crippen molar-refractivity contribution < 1.29 is 32.7 Å². The molecule has 2 aromatic rings. The van der Waals surface area contributed by atoms with Crippen molar-refractivity contribution in [1.82, 2.24) is 10.3 Å². The first-order valence-electron chi connectivity index (χ1n) is 9.47. The van der Waals surface area contributed by atoms with E-state index in [-0.39, 0.29) is 18.4 Å². The monoisotopic (exact) mass is 485 g/mol. The number of thioether (sulfide) groups is 1. The number of hydrogen-bond acceptors (Lipinski definition) is 7. The molecule has 6 N–H and O–H groups in total. The van der Waals surface area contributed by atoms with Crippen molar-refractivity contribution in [3.8, 4) is 0 Å². The number of halogens is 3. The van der Waals surface area contributed by atoms with Crippen LogP contribution in [0.15, 0.2) is 41.3 Å². The molecular formula is C20H22F3N5O4S. The van der Waals surface area contributed by atoms with Crippen molar-refractivity contribution >= 4 is 41.1 Å². The van der Waals surface area contributed by atoms with Crippen molar-refractivity contribution in [2.45, 2.75) is 30.6 Å². The second kappa shape index (κ2) is 11.0. The van der Waals surface area contributed by atoms with E-state index >= 15 is 0 Å². The summed E-state index contributed by atoms with van der Waals surface area (Å²) in [5, 5.41) is 9.96. The number of pyridine rings is 1. The molecule has 1 aliphatic heterocycles. The molecule has 1 aromatic carbocycles. The molecule has 2 heterocycles. The summed E-state index contributed by atoms with van der Waals surface area (Å²) in [6.45, 7) is 2.08. The predicted molar refractivity (Wildman–Crippen MR) is 116 cm³/mol. The van der Waals surface area contributed by atoms with Crippen LogP contribution in [0.5, 0.6) is 0 Å². The molecule has 0 unspecified atom stereocenters. The Bertz CT molecular complexity index is 1040. The highest BCUT2D eigenvalue weighted by molar-refractivity contribution is 7.99. The number of carboxylic acid groups (broad SMARTS) is 1. The van der Waals surface area contributed by atoms with Crippen LogP contribution in [0.25, 0.3) is 0 Å². The van der Waals surface area contributed by atoms with Crippen LogP contribution < -0.4 is 21.7 Å². The quantitative estimate of drug-likeness (QED) is 0.511. The number of benzene rings is 1. The van der Waals surface area contributed by atoms with E-state index in [0.717, 1.165) is 21.8 Å². The third-order valence-corrected chi connectivity index (χ3v) is 5.58. The number of carbonyl (C=O) groups excluding carboxylic acids is 2. The number of aliphatic carboxylic acids is 1. The summed E-state index contributed by atoms with van der Waals surface area (Å²) in [6.07, 6.45) is -5.08. The van der Waals surface area contributed by atoms with E-state index in [1.54, 1.807) is 6.07 Å². The number of nitrogens with two attached hydrogens (primary N) is 2. The van der Waals surface area contributed by atoms with Gasteiger partial charge in [0, 0.05) is 22.9 Å². The molecule has 1 aliphatic rings. The van der Waals surface area contributed by atoms with Crippen molar-refractivity contribution in [1.29, 1.82) is 0 Å². The number of rotatable bonds is 4. The van der Waals surface area contributed by atoms with Gasteiger partial charge in [-0.15, -0.1) is 11.8 Å². The Morgan fingerprint density at radius 1 is 1.27 bits per heavy atom. The van der Waals surface area contributed by atoms with E-state index < -0.39 is 18.2 Å². The van der Waals surface area contributed by atoms with Crippen LogP contribution in [0.1, 0.15) is 11.3 Å². The van der Waals surface area contributed by atoms with E-state index in [9.17, 15) is 22.8 Å². The van der Waals surface area contributed by atoms with Crippen molar-refractivity contribution in [2.24, 2.45) is 5.73 Å². The molecule has 2 amide bonds. The minimum atomic E-state index is -5.08. The second-order valence-electron chi connectivity index (χ2n) is 6.87. The molecule has 1 atom stereocenters. The Kier molecular flexibility index (Phi) is 8.65. The van der Waals surface area contributed by atoms with Crippen LogP contribution >= 0.6 is 11.8 Å². The number of aromatic nitrogens is 1. The fourth-order valence-corrected chi connectivity index (χ4v) is 3.73. The Labute approximate surface area is 191 Å². The molecule has 0 saturated heterocycles. The van der Waals surface area contributed by atoms with Gasteiger partial charge in [0.05, 0.1) is 11.7 Å². The van der Waals surface area contributed by atoms with E-state index in [0.29, 0.717) is 18.1 Å². The van der Waals surface area contributed by atoms with Gasteiger partial charge in [-0.3, -0.25) is 9.59 Å². The number of nitrogen functional groups attached to an aromatic ring is 1. The number of anilines is 2. The average Bonchev–Trinajstić information content (AvgIpc) is 2.85. The minimum absolute atomic E-state index is 0.0778. The lowest BCUT2D eigenvalue weighted by Crippen LogP contribution is -2.48. The van der Waals surface area contributed by atoms with Crippen LogP contribution in [0.4, 0.5) is 24.7 Å². The Morgan fingerprint density at radius 3 is 2.52 bits per heavy atom. The number of alkyl halides is 3. The first-order valence-corrected chi connectivity index (χ1v) is 10.5. The van der Waals surface area contributed by atoms with Gasteiger partial charge in [0.1, 0.15) is 12.4 Å². The summed E-state index contributed by atoms with van der Waals surface area (Å²) in [6, 6.07) is 10.4. The number of para-hydroxylation sites is 1. The molecule has 0 aliphatic carbocycles. The van der Waals surface area contributed by atoms with E-state index in [2.05, 4.69) is 10.3 Å². The van der Waals surface area contributed by atoms with Gasteiger partial charge >= 0.3 is 12.1 Å². The summed E-state index contributed by atoms with van der Waals surface area (Å²) in [4.78, 5) is 40.5. The molecule has 13 heteroatoms. The Balaban J connectivity index is 0.000000479. The third-order valence-electron chi connectivity index (χ3n) is 4.39. The third kappa shape index (κ3) is 7.36. The number of nitrogens with one attached hydrogen (secondary N) is 1. The maximum Gasteiger partial charge on any atom is 0.490 e. The van der Waals surface area contributed by atoms with Gasteiger partial charge in [-0.25, -0.2) is 9.78 Å². The summed E-state index contributed by atoms with van der Waals surface area (Å²) < 4.78 is 31.7. The zero-order valence-corrected chi connectivity index (χ0v) is 18.2. The summed E-state index contributed by atoms with van der Waals surface area (Å²) in [5.41, 5.74) is 14.0. The molecule has 178 valence electrons. The van der Waals surface area contributed by atoms with Gasteiger partial charge in [0.15, 0.2) is 0 Å². The molecule has 33 heavy (non-hydrogen) atoms. The lowest BCUT2D eigenvalue weighted by atomic mass is 10.2. The fraction of sp³-hybridized carbons (Fsp3) is 0.300. The number of carbonyl (C=O) groups is 3. The summed E-state index contributed by atoms with van der Waals surface area (Å²) in [7, 11) is 0. The highest BCUT2D eigenvalue weighted by Crippen LogP contribution is 2.33. The van der Waals surface area contributed by atoms with Crippen LogP contribution in [0.2, 0.25) is 0 Å². The first kappa shape index (κ1) is 25.9. The van der Waals surface area contributed by atoms with Gasteiger partial charge in [-0.2, -0.15) is 13.2 Å². The number of aryl methyl sites for hydroxylation is 1. The first-order chi connectivity index (χ1) is 15.4. The number of carboxylic acids is 1. The van der Waals surface area contributed by atoms with Gasteiger partial charge in [-0.1, -0.05) is 18.2 Å². The van der Waals surface area contributed by atoms with Gasteiger partial charge in [0.2, 0.25) is 11.8 Å². The topological polar surface area (TPSA) is 152 Å². The Morgan fingerprint density at radius 2 is 1.91 bits per heavy atom. The van der Waals surface area contributed by atoms with Gasteiger partial charge in [0.25, 0.3) is 0 Å². The second-order valence-corrected chi connectivity index (χ2v) is 7.93. The molecule has 0 radical (unpaired) electrons. The maximum absolute atomic E-state index is 12.6. The smallest absolute Gasteiger partial charge is 0.475 e. The molecule has 1 aromatic heterocycles. The SMILES string of the molecule is Cc1nc(N)ccc1CNC(=O)CN1C(=O)[C@@H](N)CSc2ccccc21.O=C(O)C(F)(F)F. The highest BCUT2D eigenvalue weighted by atomic mass is 32.2. The van der Waals surface area contributed by atoms with E-state index in [4.69, 9.17) is 21.4 Å². The summed E-state index contributed by atoms with van der Waals surface area (Å²) in [5.74, 6) is -2.33. The predicted octanol–water partition coefficient (Wildman–Crippen LogP) is 1.69. The molecule has 0 spiro atoms. The molecule has 0 fully saturated rings. The van der Waals surface area contributed by atoms with Gasteiger partial charge in [-0.05, 0) is 30.7 Å². The van der Waals surface area contributed by atoms with Crippen molar-refractivity contribution in [2.75, 3.05) is 22.9 Å². The van der Waals surface area contributed by atoms with Crippen LogP contribution in [0, 0.1) is 6.92 Å². The minimum Gasteiger partial charge on any atom is -0.475 e. The zero-order valence-electron chi connectivity index (χ0n) is 17.4. The van der Waals surface area contributed by atoms with Crippen LogP contribution in [-0.4, -0.2) is 52.4 Å². The van der Waals surface area contributed by atoms with Crippen LogP contribution in [-0.2, 0) is 20.9 Å².